The Morgan fingerprint density at radius 3 is 2.68 bits per heavy atom. The number of rotatable bonds is 6. The molecule has 7 heteroatoms. The highest BCUT2D eigenvalue weighted by molar-refractivity contribution is 5.86. The van der Waals surface area contributed by atoms with Crippen molar-refractivity contribution in [1.29, 1.82) is 0 Å². The molecule has 1 aromatic rings. The fourth-order valence-corrected chi connectivity index (χ4v) is 1.40. The number of alkyl halides is 3. The molecule has 0 aliphatic carbocycles. The summed E-state index contributed by atoms with van der Waals surface area (Å²) in [5.74, 6) is -0.217. The number of halogens is 3. The third-order valence-electron chi connectivity index (χ3n) is 2.39. The Morgan fingerprint density at radius 2 is 2.11 bits per heavy atom. The zero-order valence-corrected chi connectivity index (χ0v) is 10.6. The first-order valence-corrected chi connectivity index (χ1v) is 5.70. The van der Waals surface area contributed by atoms with Crippen LogP contribution in [0.2, 0.25) is 0 Å². The SMILES string of the molecule is COC(=O)c1ccc(C(C)OCCCC(F)(F)F)o1. The van der Waals surface area contributed by atoms with Crippen LogP contribution < -0.4 is 0 Å². The molecule has 1 rings (SSSR count). The lowest BCUT2D eigenvalue weighted by Crippen LogP contribution is -2.09. The molecule has 0 spiro atoms. The maximum atomic E-state index is 11.9. The van der Waals surface area contributed by atoms with E-state index in [1.165, 1.54) is 19.2 Å². The van der Waals surface area contributed by atoms with Gasteiger partial charge in [0.15, 0.2) is 0 Å². The van der Waals surface area contributed by atoms with E-state index < -0.39 is 24.7 Å². The average molecular weight is 280 g/mol. The molecule has 0 aliphatic rings. The lowest BCUT2D eigenvalue weighted by Gasteiger charge is -2.11. The summed E-state index contributed by atoms with van der Waals surface area (Å²) in [6.07, 6.45) is -5.69. The third-order valence-corrected chi connectivity index (χ3v) is 2.39. The standard InChI is InChI=1S/C12H15F3O4/c1-8(18-7-3-6-12(13,14)15)9-4-5-10(19-9)11(16)17-2/h4-5,8H,3,6-7H2,1-2H3. The van der Waals surface area contributed by atoms with Gasteiger partial charge in [-0.2, -0.15) is 13.2 Å². The van der Waals surface area contributed by atoms with Gasteiger partial charge < -0.3 is 13.9 Å². The van der Waals surface area contributed by atoms with Crippen LogP contribution in [0.25, 0.3) is 0 Å². The van der Waals surface area contributed by atoms with Crippen molar-refractivity contribution in [3.63, 3.8) is 0 Å². The summed E-state index contributed by atoms with van der Waals surface area (Å²) >= 11 is 0. The molecule has 0 aromatic carbocycles. The maximum absolute atomic E-state index is 11.9. The molecule has 1 unspecified atom stereocenters. The molecule has 0 N–H and O–H groups in total. The molecule has 1 heterocycles. The van der Waals surface area contributed by atoms with Gasteiger partial charge in [0.2, 0.25) is 5.76 Å². The Kier molecular flexibility index (Phi) is 5.41. The highest BCUT2D eigenvalue weighted by Gasteiger charge is 2.26. The fraction of sp³-hybridized carbons (Fsp3) is 0.583. The average Bonchev–Trinajstić information content (AvgIpc) is 2.81. The maximum Gasteiger partial charge on any atom is 0.389 e. The van der Waals surface area contributed by atoms with Crippen LogP contribution in [-0.4, -0.2) is 25.9 Å². The van der Waals surface area contributed by atoms with Crippen molar-refractivity contribution in [3.05, 3.63) is 23.7 Å². The predicted molar refractivity (Wildman–Crippen MR) is 59.7 cm³/mol. The molecule has 0 amide bonds. The molecular weight excluding hydrogens is 265 g/mol. The first-order valence-electron chi connectivity index (χ1n) is 5.70. The summed E-state index contributed by atoms with van der Waals surface area (Å²) in [7, 11) is 1.22. The Morgan fingerprint density at radius 1 is 1.42 bits per heavy atom. The van der Waals surface area contributed by atoms with Crippen LogP contribution in [0.15, 0.2) is 16.5 Å². The molecule has 0 saturated carbocycles. The smallest absolute Gasteiger partial charge is 0.389 e. The fourth-order valence-electron chi connectivity index (χ4n) is 1.40. The van der Waals surface area contributed by atoms with Crippen molar-refractivity contribution >= 4 is 5.97 Å². The monoisotopic (exact) mass is 280 g/mol. The lowest BCUT2D eigenvalue weighted by molar-refractivity contribution is -0.139. The highest BCUT2D eigenvalue weighted by Crippen LogP contribution is 2.23. The van der Waals surface area contributed by atoms with Crippen molar-refractivity contribution < 1.29 is 31.9 Å². The van der Waals surface area contributed by atoms with Gasteiger partial charge in [-0.1, -0.05) is 0 Å². The van der Waals surface area contributed by atoms with Gasteiger partial charge in [-0.3, -0.25) is 0 Å². The van der Waals surface area contributed by atoms with E-state index >= 15 is 0 Å². The van der Waals surface area contributed by atoms with E-state index in [4.69, 9.17) is 9.15 Å². The van der Waals surface area contributed by atoms with Crippen molar-refractivity contribution in [1.82, 2.24) is 0 Å². The number of hydrogen-bond acceptors (Lipinski definition) is 4. The minimum Gasteiger partial charge on any atom is -0.463 e. The van der Waals surface area contributed by atoms with Crippen LogP contribution in [0, 0.1) is 0 Å². The highest BCUT2D eigenvalue weighted by atomic mass is 19.4. The van der Waals surface area contributed by atoms with Gasteiger partial charge in [-0.15, -0.1) is 0 Å². The first kappa shape index (κ1) is 15.6. The zero-order valence-electron chi connectivity index (χ0n) is 10.6. The van der Waals surface area contributed by atoms with E-state index in [-0.39, 0.29) is 18.8 Å². The zero-order chi connectivity index (χ0) is 14.5. The van der Waals surface area contributed by atoms with Gasteiger partial charge in [0.05, 0.1) is 7.11 Å². The van der Waals surface area contributed by atoms with Crippen molar-refractivity contribution in [3.8, 4) is 0 Å². The van der Waals surface area contributed by atoms with E-state index in [2.05, 4.69) is 4.74 Å². The molecular formula is C12H15F3O4. The molecule has 0 bridgehead atoms. The topological polar surface area (TPSA) is 48.7 Å². The number of hydrogen-bond donors (Lipinski definition) is 0. The predicted octanol–water partition coefficient (Wildman–Crippen LogP) is 3.49. The second-order valence-corrected chi connectivity index (χ2v) is 3.93. The summed E-state index contributed by atoms with van der Waals surface area (Å²) in [6.45, 7) is 1.60. The van der Waals surface area contributed by atoms with E-state index in [1.54, 1.807) is 6.92 Å². The van der Waals surface area contributed by atoms with Crippen LogP contribution in [0.5, 0.6) is 0 Å². The van der Waals surface area contributed by atoms with Gasteiger partial charge in [-0.25, -0.2) is 4.79 Å². The summed E-state index contributed by atoms with van der Waals surface area (Å²) in [6, 6.07) is 2.96. The molecule has 0 fully saturated rings. The summed E-state index contributed by atoms with van der Waals surface area (Å²) in [4.78, 5) is 11.1. The third kappa shape index (κ3) is 5.34. The second-order valence-electron chi connectivity index (χ2n) is 3.93. The summed E-state index contributed by atoms with van der Waals surface area (Å²) in [5.41, 5.74) is 0. The van der Waals surface area contributed by atoms with Crippen LogP contribution in [0.3, 0.4) is 0 Å². The Bertz CT molecular complexity index is 411. The molecule has 0 saturated heterocycles. The van der Waals surface area contributed by atoms with Crippen molar-refractivity contribution in [2.75, 3.05) is 13.7 Å². The Balaban J connectivity index is 2.39. The van der Waals surface area contributed by atoms with Gasteiger partial charge in [0, 0.05) is 13.0 Å². The first-order chi connectivity index (χ1) is 8.83. The van der Waals surface area contributed by atoms with Crippen LogP contribution in [-0.2, 0) is 9.47 Å². The number of methoxy groups -OCH3 is 1. The van der Waals surface area contributed by atoms with Gasteiger partial charge in [0.1, 0.15) is 11.9 Å². The molecule has 0 radical (unpaired) electrons. The second kappa shape index (κ2) is 6.60. The van der Waals surface area contributed by atoms with E-state index in [0.717, 1.165) is 0 Å². The van der Waals surface area contributed by atoms with E-state index in [9.17, 15) is 18.0 Å². The van der Waals surface area contributed by atoms with E-state index in [1.807, 2.05) is 0 Å². The molecule has 1 aromatic heterocycles. The number of carbonyl (C=O) groups is 1. The minimum absolute atomic E-state index is 0.0308. The largest absolute Gasteiger partial charge is 0.463 e. The molecule has 4 nitrogen and oxygen atoms in total. The number of carbonyl (C=O) groups excluding carboxylic acids is 1. The van der Waals surface area contributed by atoms with E-state index in [0.29, 0.717) is 5.76 Å². The molecule has 19 heavy (non-hydrogen) atoms. The lowest BCUT2D eigenvalue weighted by atomic mass is 10.3. The van der Waals surface area contributed by atoms with Gasteiger partial charge in [-0.05, 0) is 25.5 Å². The summed E-state index contributed by atoms with van der Waals surface area (Å²) < 4.78 is 50.6. The molecule has 108 valence electrons. The molecule has 1 atom stereocenters. The van der Waals surface area contributed by atoms with Crippen LogP contribution >= 0.6 is 0 Å². The number of furan rings is 1. The van der Waals surface area contributed by atoms with Crippen LogP contribution in [0.1, 0.15) is 42.2 Å². The van der Waals surface area contributed by atoms with Crippen molar-refractivity contribution in [2.24, 2.45) is 0 Å². The number of esters is 1. The Labute approximate surface area is 108 Å². The Hall–Kier alpha value is -1.50. The van der Waals surface area contributed by atoms with Gasteiger partial charge in [0.25, 0.3) is 0 Å². The number of ether oxygens (including phenoxy) is 2. The molecule has 0 aliphatic heterocycles. The minimum atomic E-state index is -4.17. The normalized spacial score (nSPS) is 13.3. The van der Waals surface area contributed by atoms with Gasteiger partial charge >= 0.3 is 12.1 Å². The van der Waals surface area contributed by atoms with Crippen molar-refractivity contribution in [2.45, 2.75) is 32.0 Å². The summed E-state index contributed by atoms with van der Waals surface area (Å²) in [5, 5.41) is 0. The quantitative estimate of drug-likeness (QED) is 0.591. The van der Waals surface area contributed by atoms with Crippen LogP contribution in [0.4, 0.5) is 13.2 Å².